The summed E-state index contributed by atoms with van der Waals surface area (Å²) in [5.74, 6) is 0.667. The van der Waals surface area contributed by atoms with E-state index in [1.807, 2.05) is 72.1 Å². The first kappa shape index (κ1) is 17.1. The molecule has 2 aromatic carbocycles. The fourth-order valence-corrected chi connectivity index (χ4v) is 3.47. The Bertz CT molecular complexity index is 998. The normalized spacial score (nSPS) is 11.7. The Morgan fingerprint density at radius 3 is 2.41 bits per heavy atom. The number of hydrogen-bond donors (Lipinski definition) is 2. The van der Waals surface area contributed by atoms with Crippen LogP contribution < -0.4 is 10.6 Å². The van der Waals surface area contributed by atoms with Crippen LogP contribution in [-0.4, -0.2) is 11.0 Å². The Kier molecular flexibility index (Phi) is 4.98. The first-order valence-corrected chi connectivity index (χ1v) is 9.34. The van der Waals surface area contributed by atoms with Gasteiger partial charge in [0.25, 0.3) is 0 Å². The summed E-state index contributed by atoms with van der Waals surface area (Å²) < 4.78 is 5.51. The summed E-state index contributed by atoms with van der Waals surface area (Å²) in [6.45, 7) is 0. The van der Waals surface area contributed by atoms with Crippen molar-refractivity contribution < 1.29 is 9.21 Å². The minimum atomic E-state index is -0.380. The van der Waals surface area contributed by atoms with Crippen LogP contribution in [0.15, 0.2) is 88.9 Å². The lowest BCUT2D eigenvalue weighted by Crippen LogP contribution is -2.33. The lowest BCUT2D eigenvalue weighted by atomic mass is 10.1. The number of carbonyl (C=O) groups is 1. The molecule has 4 aromatic rings. The average molecular weight is 375 g/mol. The van der Waals surface area contributed by atoms with E-state index in [1.54, 1.807) is 12.3 Å². The molecule has 2 aromatic heterocycles. The molecule has 0 saturated heterocycles. The Morgan fingerprint density at radius 1 is 0.963 bits per heavy atom. The molecule has 27 heavy (non-hydrogen) atoms. The average Bonchev–Trinajstić information content (AvgIpc) is 3.40. The van der Waals surface area contributed by atoms with Gasteiger partial charge < -0.3 is 9.73 Å². The standard InChI is InChI=1S/C21H17N3O2S/c25-20(24-21-22-17(14-27-21)15-8-3-1-4-9-15)23-19(18-12-7-13-26-18)16-10-5-2-6-11-16/h1-14,19H,(H2,22,23,24,25). The molecule has 2 N–H and O–H groups in total. The summed E-state index contributed by atoms with van der Waals surface area (Å²) in [6.07, 6.45) is 1.60. The molecule has 5 nitrogen and oxygen atoms in total. The highest BCUT2D eigenvalue weighted by Crippen LogP contribution is 2.25. The molecule has 2 amide bonds. The van der Waals surface area contributed by atoms with Crippen molar-refractivity contribution >= 4 is 22.5 Å². The summed E-state index contributed by atoms with van der Waals surface area (Å²) in [7, 11) is 0. The predicted octanol–water partition coefficient (Wildman–Crippen LogP) is 5.31. The van der Waals surface area contributed by atoms with Gasteiger partial charge in [0.05, 0.1) is 12.0 Å². The molecule has 0 saturated carbocycles. The van der Waals surface area contributed by atoms with Gasteiger partial charge in [0.15, 0.2) is 5.13 Å². The van der Waals surface area contributed by atoms with E-state index >= 15 is 0 Å². The molecule has 1 unspecified atom stereocenters. The Balaban J connectivity index is 1.49. The lowest BCUT2D eigenvalue weighted by molar-refractivity contribution is 0.248. The van der Waals surface area contributed by atoms with Crippen LogP contribution in [-0.2, 0) is 0 Å². The number of aromatic nitrogens is 1. The summed E-state index contributed by atoms with van der Waals surface area (Å²) in [4.78, 5) is 17.0. The lowest BCUT2D eigenvalue weighted by Gasteiger charge is -2.17. The van der Waals surface area contributed by atoms with Gasteiger partial charge in [-0.25, -0.2) is 9.78 Å². The van der Waals surface area contributed by atoms with Gasteiger partial charge in [0.2, 0.25) is 0 Å². The summed E-state index contributed by atoms with van der Waals surface area (Å²) >= 11 is 1.39. The van der Waals surface area contributed by atoms with E-state index in [0.717, 1.165) is 16.8 Å². The monoisotopic (exact) mass is 375 g/mol. The molecule has 134 valence electrons. The van der Waals surface area contributed by atoms with Crippen molar-refractivity contribution in [2.24, 2.45) is 0 Å². The molecule has 0 aliphatic carbocycles. The second kappa shape index (κ2) is 7.88. The second-order valence-electron chi connectivity index (χ2n) is 5.86. The van der Waals surface area contributed by atoms with Gasteiger partial charge in [-0.15, -0.1) is 11.3 Å². The van der Waals surface area contributed by atoms with Crippen LogP contribution in [0.3, 0.4) is 0 Å². The van der Waals surface area contributed by atoms with Crippen molar-refractivity contribution in [1.29, 1.82) is 0 Å². The van der Waals surface area contributed by atoms with E-state index in [4.69, 9.17) is 4.42 Å². The molecule has 0 spiro atoms. The smallest absolute Gasteiger partial charge is 0.321 e. The molecule has 6 heteroatoms. The Hall–Kier alpha value is -3.38. The van der Waals surface area contributed by atoms with Crippen LogP contribution in [0.25, 0.3) is 11.3 Å². The maximum Gasteiger partial charge on any atom is 0.321 e. The molecule has 4 rings (SSSR count). The Morgan fingerprint density at radius 2 is 1.70 bits per heavy atom. The summed E-state index contributed by atoms with van der Waals surface area (Å²) in [5, 5.41) is 8.23. The van der Waals surface area contributed by atoms with Gasteiger partial charge in [-0.1, -0.05) is 60.7 Å². The zero-order chi connectivity index (χ0) is 18.5. The van der Waals surface area contributed by atoms with E-state index in [1.165, 1.54) is 11.3 Å². The quantitative estimate of drug-likeness (QED) is 0.496. The number of benzene rings is 2. The highest BCUT2D eigenvalue weighted by molar-refractivity contribution is 7.14. The number of hydrogen-bond acceptors (Lipinski definition) is 4. The van der Waals surface area contributed by atoms with E-state index in [2.05, 4.69) is 15.6 Å². The maximum atomic E-state index is 12.5. The fourth-order valence-electron chi connectivity index (χ4n) is 2.76. The van der Waals surface area contributed by atoms with Gasteiger partial charge >= 0.3 is 6.03 Å². The molecule has 1 atom stereocenters. The number of amides is 2. The SMILES string of the molecule is O=C(Nc1nc(-c2ccccc2)cs1)NC(c1ccccc1)c1ccco1. The number of rotatable bonds is 5. The van der Waals surface area contributed by atoms with E-state index in [-0.39, 0.29) is 12.1 Å². The summed E-state index contributed by atoms with van der Waals surface area (Å²) in [5.41, 5.74) is 2.79. The highest BCUT2D eigenvalue weighted by atomic mass is 32.1. The van der Waals surface area contributed by atoms with Gasteiger partial charge in [0.1, 0.15) is 11.8 Å². The van der Waals surface area contributed by atoms with E-state index in [9.17, 15) is 4.79 Å². The van der Waals surface area contributed by atoms with Crippen molar-refractivity contribution in [3.8, 4) is 11.3 Å². The van der Waals surface area contributed by atoms with Crippen LogP contribution in [0.5, 0.6) is 0 Å². The largest absolute Gasteiger partial charge is 0.467 e. The van der Waals surface area contributed by atoms with Crippen LogP contribution in [0.1, 0.15) is 17.4 Å². The van der Waals surface area contributed by atoms with Gasteiger partial charge in [-0.05, 0) is 17.7 Å². The molecular weight excluding hydrogens is 358 g/mol. The third-order valence-corrected chi connectivity index (χ3v) is 4.79. The number of anilines is 1. The van der Waals surface area contributed by atoms with E-state index in [0.29, 0.717) is 10.9 Å². The molecule has 2 heterocycles. The predicted molar refractivity (Wildman–Crippen MR) is 107 cm³/mol. The first-order valence-electron chi connectivity index (χ1n) is 8.46. The molecule has 0 aliphatic heterocycles. The number of urea groups is 1. The minimum absolute atomic E-state index is 0.339. The first-order chi connectivity index (χ1) is 13.3. The van der Waals surface area contributed by atoms with Crippen molar-refractivity contribution in [1.82, 2.24) is 10.3 Å². The third kappa shape index (κ3) is 4.07. The number of thiazole rings is 1. The number of carbonyl (C=O) groups excluding carboxylic acids is 1. The van der Waals surface area contributed by atoms with Crippen molar-refractivity contribution in [2.75, 3.05) is 5.32 Å². The molecule has 0 radical (unpaired) electrons. The van der Waals surface area contributed by atoms with Crippen molar-refractivity contribution in [3.63, 3.8) is 0 Å². The zero-order valence-electron chi connectivity index (χ0n) is 14.3. The molecular formula is C21H17N3O2S. The second-order valence-corrected chi connectivity index (χ2v) is 6.72. The topological polar surface area (TPSA) is 67.2 Å². The van der Waals surface area contributed by atoms with Crippen molar-refractivity contribution in [3.05, 3.63) is 95.8 Å². The van der Waals surface area contributed by atoms with Crippen LogP contribution in [0, 0.1) is 0 Å². The van der Waals surface area contributed by atoms with Gasteiger partial charge in [-0.2, -0.15) is 0 Å². The molecule has 0 aliphatic rings. The van der Waals surface area contributed by atoms with E-state index < -0.39 is 0 Å². The molecule has 0 fully saturated rings. The maximum absolute atomic E-state index is 12.5. The highest BCUT2D eigenvalue weighted by Gasteiger charge is 2.19. The van der Waals surface area contributed by atoms with Crippen LogP contribution in [0.2, 0.25) is 0 Å². The summed E-state index contributed by atoms with van der Waals surface area (Å²) in [6, 6.07) is 22.5. The van der Waals surface area contributed by atoms with Crippen LogP contribution >= 0.6 is 11.3 Å². The van der Waals surface area contributed by atoms with Gasteiger partial charge in [-0.3, -0.25) is 5.32 Å². The van der Waals surface area contributed by atoms with Gasteiger partial charge in [0, 0.05) is 10.9 Å². The fraction of sp³-hybridized carbons (Fsp3) is 0.0476. The Labute approximate surface area is 160 Å². The third-order valence-electron chi connectivity index (χ3n) is 4.03. The number of nitrogens with one attached hydrogen (secondary N) is 2. The number of nitrogens with zero attached hydrogens (tertiary/aromatic N) is 1. The molecule has 0 bridgehead atoms. The van der Waals surface area contributed by atoms with Crippen LogP contribution in [0.4, 0.5) is 9.93 Å². The number of furan rings is 1. The zero-order valence-corrected chi connectivity index (χ0v) is 15.1. The minimum Gasteiger partial charge on any atom is -0.467 e. The van der Waals surface area contributed by atoms with Crippen molar-refractivity contribution in [2.45, 2.75) is 6.04 Å².